The molecular weight excluding hydrogens is 284 g/mol. The molecule has 20 heavy (non-hydrogen) atoms. The van der Waals surface area contributed by atoms with Crippen molar-refractivity contribution in [3.05, 3.63) is 35.3 Å². The lowest BCUT2D eigenvalue weighted by molar-refractivity contribution is 1.04. The van der Waals surface area contributed by atoms with Gasteiger partial charge in [0, 0.05) is 6.20 Å². The maximum Gasteiger partial charge on any atom is 0.138 e. The Morgan fingerprint density at radius 1 is 1.35 bits per heavy atom. The van der Waals surface area contributed by atoms with Crippen molar-refractivity contribution in [1.82, 2.24) is 9.38 Å². The van der Waals surface area contributed by atoms with Crippen molar-refractivity contribution in [3.63, 3.8) is 0 Å². The standard InChI is InChI=1S/C16H19ClN2Si/c1-20(2,3)9-8-15-14(12-4-5-12)6-7-16-18-13(10-17)11-19(15)16/h6-7,11-12H,4-5,10H2,1-3H3. The van der Waals surface area contributed by atoms with Gasteiger partial charge in [-0.3, -0.25) is 4.40 Å². The molecule has 0 aliphatic heterocycles. The van der Waals surface area contributed by atoms with Crippen LogP contribution in [0, 0.1) is 11.5 Å². The fourth-order valence-electron chi connectivity index (χ4n) is 2.29. The molecule has 2 nitrogen and oxygen atoms in total. The Hall–Kier alpha value is -1.24. The smallest absolute Gasteiger partial charge is 0.138 e. The van der Waals surface area contributed by atoms with E-state index >= 15 is 0 Å². The zero-order chi connectivity index (χ0) is 14.3. The van der Waals surface area contributed by atoms with Crippen molar-refractivity contribution >= 4 is 25.3 Å². The number of halogens is 1. The summed E-state index contributed by atoms with van der Waals surface area (Å²) in [4.78, 5) is 4.53. The molecule has 1 aliphatic carbocycles. The molecule has 2 heterocycles. The van der Waals surface area contributed by atoms with E-state index in [1.165, 1.54) is 18.4 Å². The Balaban J connectivity index is 2.19. The molecule has 0 unspecified atom stereocenters. The molecule has 0 spiro atoms. The summed E-state index contributed by atoms with van der Waals surface area (Å²) in [5.41, 5.74) is 7.85. The first kappa shape index (κ1) is 13.7. The van der Waals surface area contributed by atoms with E-state index in [4.69, 9.17) is 11.6 Å². The van der Waals surface area contributed by atoms with E-state index in [9.17, 15) is 0 Å². The Morgan fingerprint density at radius 3 is 2.70 bits per heavy atom. The molecule has 0 aromatic carbocycles. The lowest BCUT2D eigenvalue weighted by atomic mass is 10.1. The lowest BCUT2D eigenvalue weighted by Gasteiger charge is -2.08. The highest BCUT2D eigenvalue weighted by atomic mass is 35.5. The Kier molecular flexibility index (Phi) is 3.39. The molecular formula is C16H19ClN2Si. The minimum atomic E-state index is -1.39. The summed E-state index contributed by atoms with van der Waals surface area (Å²) in [6.07, 6.45) is 4.59. The maximum atomic E-state index is 5.91. The highest BCUT2D eigenvalue weighted by Gasteiger charge is 2.27. The number of hydrogen-bond donors (Lipinski definition) is 0. The number of imidazole rings is 1. The molecule has 2 aromatic rings. The van der Waals surface area contributed by atoms with Gasteiger partial charge in [-0.2, -0.15) is 0 Å². The van der Waals surface area contributed by atoms with Gasteiger partial charge < -0.3 is 0 Å². The number of rotatable bonds is 2. The van der Waals surface area contributed by atoms with Crippen LogP contribution in [0.25, 0.3) is 5.65 Å². The molecule has 1 fully saturated rings. The van der Waals surface area contributed by atoms with Gasteiger partial charge >= 0.3 is 0 Å². The molecule has 0 bridgehead atoms. The molecule has 0 saturated heterocycles. The molecule has 0 amide bonds. The van der Waals surface area contributed by atoms with Gasteiger partial charge in [0.05, 0.1) is 11.6 Å². The average molecular weight is 303 g/mol. The van der Waals surface area contributed by atoms with Crippen LogP contribution in [0.3, 0.4) is 0 Å². The first-order valence-corrected chi connectivity index (χ1v) is 11.1. The van der Waals surface area contributed by atoms with Crippen molar-refractivity contribution in [2.45, 2.75) is 44.3 Å². The van der Waals surface area contributed by atoms with Gasteiger partial charge in [-0.1, -0.05) is 31.6 Å². The summed E-state index contributed by atoms with van der Waals surface area (Å²) in [5.74, 6) is 4.58. The quantitative estimate of drug-likeness (QED) is 0.462. The molecule has 2 aromatic heterocycles. The zero-order valence-electron chi connectivity index (χ0n) is 12.2. The van der Waals surface area contributed by atoms with Crippen LogP contribution in [-0.2, 0) is 5.88 Å². The van der Waals surface area contributed by atoms with Crippen LogP contribution in [0.2, 0.25) is 19.6 Å². The largest absolute Gasteiger partial charge is 0.292 e. The number of pyridine rings is 1. The normalized spacial score (nSPS) is 15.2. The van der Waals surface area contributed by atoms with Gasteiger partial charge in [0.25, 0.3) is 0 Å². The van der Waals surface area contributed by atoms with Crippen LogP contribution in [0.5, 0.6) is 0 Å². The number of hydrogen-bond acceptors (Lipinski definition) is 1. The average Bonchev–Trinajstić information content (AvgIpc) is 3.13. The summed E-state index contributed by atoms with van der Waals surface area (Å²) in [7, 11) is -1.39. The van der Waals surface area contributed by atoms with E-state index in [2.05, 4.69) is 52.6 Å². The minimum absolute atomic E-state index is 0.446. The van der Waals surface area contributed by atoms with E-state index in [1.807, 2.05) is 6.20 Å². The zero-order valence-corrected chi connectivity index (χ0v) is 14.0. The van der Waals surface area contributed by atoms with Crippen molar-refractivity contribution in [1.29, 1.82) is 0 Å². The van der Waals surface area contributed by atoms with Gasteiger partial charge in [-0.05, 0) is 30.4 Å². The summed E-state index contributed by atoms with van der Waals surface area (Å²) in [6.45, 7) is 6.82. The van der Waals surface area contributed by atoms with Crippen LogP contribution in [0.15, 0.2) is 18.3 Å². The van der Waals surface area contributed by atoms with Crippen molar-refractivity contribution < 1.29 is 0 Å². The maximum absolute atomic E-state index is 5.91. The predicted octanol–water partition coefficient (Wildman–Crippen LogP) is 4.18. The number of alkyl halides is 1. The second-order valence-electron chi connectivity index (χ2n) is 6.51. The van der Waals surface area contributed by atoms with Crippen molar-refractivity contribution in [3.8, 4) is 11.5 Å². The summed E-state index contributed by atoms with van der Waals surface area (Å²) in [6, 6.07) is 4.29. The molecule has 3 rings (SSSR count). The second kappa shape index (κ2) is 4.94. The molecule has 0 radical (unpaired) electrons. The SMILES string of the molecule is C[Si](C)(C)C#Cc1c(C2CC2)ccc2nc(CCl)cn12. The van der Waals surface area contributed by atoms with Gasteiger partial charge in [0.15, 0.2) is 0 Å². The van der Waals surface area contributed by atoms with Crippen molar-refractivity contribution in [2.24, 2.45) is 0 Å². The Labute approximate surface area is 126 Å². The van der Waals surface area contributed by atoms with Crippen LogP contribution in [-0.4, -0.2) is 17.5 Å². The molecule has 104 valence electrons. The van der Waals surface area contributed by atoms with Crippen LogP contribution in [0.4, 0.5) is 0 Å². The number of fused-ring (bicyclic) bond motifs is 1. The van der Waals surface area contributed by atoms with Gasteiger partial charge in [0.2, 0.25) is 0 Å². The molecule has 1 aliphatic rings. The minimum Gasteiger partial charge on any atom is -0.292 e. The van der Waals surface area contributed by atoms with Gasteiger partial charge in [0.1, 0.15) is 19.4 Å². The Morgan fingerprint density at radius 2 is 2.10 bits per heavy atom. The highest BCUT2D eigenvalue weighted by molar-refractivity contribution is 6.83. The van der Waals surface area contributed by atoms with E-state index in [-0.39, 0.29) is 0 Å². The first-order valence-electron chi connectivity index (χ1n) is 7.08. The van der Waals surface area contributed by atoms with Gasteiger partial charge in [-0.15, -0.1) is 17.1 Å². The van der Waals surface area contributed by atoms with E-state index in [1.54, 1.807) is 0 Å². The monoisotopic (exact) mass is 302 g/mol. The van der Waals surface area contributed by atoms with Gasteiger partial charge in [-0.25, -0.2) is 4.98 Å². The molecule has 1 saturated carbocycles. The van der Waals surface area contributed by atoms with Crippen LogP contribution < -0.4 is 0 Å². The summed E-state index contributed by atoms with van der Waals surface area (Å²) >= 11 is 5.91. The summed E-state index contributed by atoms with van der Waals surface area (Å²) in [5, 5.41) is 0. The third-order valence-corrected chi connectivity index (χ3v) is 4.57. The Bertz CT molecular complexity index is 712. The fraction of sp³-hybridized carbons (Fsp3) is 0.438. The topological polar surface area (TPSA) is 17.3 Å². The van der Waals surface area contributed by atoms with E-state index in [0.29, 0.717) is 11.8 Å². The third kappa shape index (κ3) is 2.77. The second-order valence-corrected chi connectivity index (χ2v) is 11.5. The van der Waals surface area contributed by atoms with E-state index < -0.39 is 8.07 Å². The number of nitrogens with zero attached hydrogens (tertiary/aromatic N) is 2. The highest BCUT2D eigenvalue weighted by Crippen LogP contribution is 2.41. The lowest BCUT2D eigenvalue weighted by Crippen LogP contribution is -2.16. The van der Waals surface area contributed by atoms with Crippen LogP contribution >= 0.6 is 11.6 Å². The third-order valence-electron chi connectivity index (χ3n) is 3.42. The fourth-order valence-corrected chi connectivity index (χ4v) is 2.91. The molecule has 4 heteroatoms. The first-order chi connectivity index (χ1) is 9.48. The molecule has 0 atom stereocenters. The van der Waals surface area contributed by atoms with Crippen LogP contribution in [0.1, 0.15) is 35.7 Å². The number of aromatic nitrogens is 2. The van der Waals surface area contributed by atoms with E-state index in [0.717, 1.165) is 17.0 Å². The summed E-state index contributed by atoms with van der Waals surface area (Å²) < 4.78 is 2.12. The molecule has 0 N–H and O–H groups in total. The van der Waals surface area contributed by atoms with Crippen molar-refractivity contribution in [2.75, 3.05) is 0 Å². The predicted molar refractivity (Wildman–Crippen MR) is 86.9 cm³/mol.